The first kappa shape index (κ1) is 15.0. The van der Waals surface area contributed by atoms with Crippen LogP contribution in [-0.2, 0) is 6.61 Å². The number of β-amino-alcohol motifs (C(OH)–C–C–N with tert-alkyl or cyclic N) is 1. The summed E-state index contributed by atoms with van der Waals surface area (Å²) in [6.07, 6.45) is -0.554. The fourth-order valence-electron chi connectivity index (χ4n) is 1.41. The molecule has 0 saturated heterocycles. The summed E-state index contributed by atoms with van der Waals surface area (Å²) in [6, 6.07) is 7.22. The Hall–Kier alpha value is -1.10. The van der Waals surface area contributed by atoms with Crippen molar-refractivity contribution in [2.75, 3.05) is 13.2 Å². The molecule has 102 valence electrons. The Balaban J connectivity index is 2.35. The van der Waals surface area contributed by atoms with E-state index in [4.69, 9.17) is 9.84 Å². The minimum atomic E-state index is -0.554. The molecule has 0 amide bonds. The molecule has 0 bridgehead atoms. The van der Waals surface area contributed by atoms with Crippen LogP contribution in [0.1, 0.15) is 26.3 Å². The van der Waals surface area contributed by atoms with Crippen LogP contribution in [0, 0.1) is 0 Å². The summed E-state index contributed by atoms with van der Waals surface area (Å²) in [5, 5.41) is 22.0. The number of hydrogen-bond acceptors (Lipinski definition) is 4. The summed E-state index contributed by atoms with van der Waals surface area (Å²) in [5.74, 6) is 0.663. The summed E-state index contributed by atoms with van der Waals surface area (Å²) in [7, 11) is 0. The molecule has 0 aromatic heterocycles. The Morgan fingerprint density at radius 2 is 2.06 bits per heavy atom. The van der Waals surface area contributed by atoms with Crippen LogP contribution < -0.4 is 10.1 Å². The van der Waals surface area contributed by atoms with E-state index in [-0.39, 0.29) is 18.8 Å². The fourth-order valence-corrected chi connectivity index (χ4v) is 1.41. The molecule has 4 nitrogen and oxygen atoms in total. The van der Waals surface area contributed by atoms with E-state index < -0.39 is 6.10 Å². The maximum absolute atomic E-state index is 9.76. The van der Waals surface area contributed by atoms with Crippen molar-refractivity contribution in [3.63, 3.8) is 0 Å². The topological polar surface area (TPSA) is 61.7 Å². The third-order valence-corrected chi connectivity index (χ3v) is 2.39. The smallest absolute Gasteiger partial charge is 0.119 e. The zero-order valence-electron chi connectivity index (χ0n) is 11.3. The maximum atomic E-state index is 9.76. The first-order chi connectivity index (χ1) is 8.40. The number of benzene rings is 1. The molecule has 0 aliphatic carbocycles. The molecule has 0 radical (unpaired) electrons. The van der Waals surface area contributed by atoms with Gasteiger partial charge in [0.2, 0.25) is 0 Å². The predicted octanol–water partition coefficient (Wildman–Crippen LogP) is 1.31. The predicted molar refractivity (Wildman–Crippen MR) is 71.6 cm³/mol. The minimum Gasteiger partial charge on any atom is -0.491 e. The van der Waals surface area contributed by atoms with E-state index in [1.54, 1.807) is 6.07 Å². The van der Waals surface area contributed by atoms with E-state index in [1.165, 1.54) is 0 Å². The molecule has 0 heterocycles. The van der Waals surface area contributed by atoms with Crippen LogP contribution in [-0.4, -0.2) is 35.0 Å². The van der Waals surface area contributed by atoms with Gasteiger partial charge < -0.3 is 20.3 Å². The average Bonchev–Trinajstić information content (AvgIpc) is 2.33. The van der Waals surface area contributed by atoms with Gasteiger partial charge in [-0.1, -0.05) is 12.1 Å². The van der Waals surface area contributed by atoms with Gasteiger partial charge in [-0.25, -0.2) is 0 Å². The SMILES string of the molecule is CC(C)(C)NCC(O)COc1cccc(CO)c1. The Labute approximate surface area is 109 Å². The molecule has 4 heteroatoms. The van der Waals surface area contributed by atoms with Gasteiger partial charge >= 0.3 is 0 Å². The molecule has 1 atom stereocenters. The van der Waals surface area contributed by atoms with Gasteiger partial charge in [0.1, 0.15) is 18.5 Å². The van der Waals surface area contributed by atoms with E-state index in [0.29, 0.717) is 12.3 Å². The first-order valence-electron chi connectivity index (χ1n) is 6.16. The Morgan fingerprint density at radius 3 is 2.67 bits per heavy atom. The lowest BCUT2D eigenvalue weighted by Crippen LogP contribution is -2.42. The quantitative estimate of drug-likeness (QED) is 0.715. The number of aliphatic hydroxyl groups is 2. The zero-order chi connectivity index (χ0) is 13.6. The number of rotatable bonds is 6. The summed E-state index contributed by atoms with van der Waals surface area (Å²) in [4.78, 5) is 0. The third kappa shape index (κ3) is 6.00. The van der Waals surface area contributed by atoms with Crippen molar-refractivity contribution in [1.29, 1.82) is 0 Å². The van der Waals surface area contributed by atoms with Crippen LogP contribution in [0.2, 0.25) is 0 Å². The van der Waals surface area contributed by atoms with Gasteiger partial charge in [-0.3, -0.25) is 0 Å². The lowest BCUT2D eigenvalue weighted by atomic mass is 10.1. The van der Waals surface area contributed by atoms with E-state index in [1.807, 2.05) is 39.0 Å². The number of aliphatic hydroxyl groups excluding tert-OH is 2. The molecule has 1 aromatic rings. The molecule has 0 aliphatic heterocycles. The van der Waals surface area contributed by atoms with E-state index >= 15 is 0 Å². The van der Waals surface area contributed by atoms with Crippen LogP contribution >= 0.6 is 0 Å². The number of nitrogens with one attached hydrogen (secondary N) is 1. The Morgan fingerprint density at radius 1 is 1.33 bits per heavy atom. The molecule has 18 heavy (non-hydrogen) atoms. The monoisotopic (exact) mass is 253 g/mol. The molecule has 1 aromatic carbocycles. The highest BCUT2D eigenvalue weighted by atomic mass is 16.5. The highest BCUT2D eigenvalue weighted by Crippen LogP contribution is 2.13. The molecule has 1 unspecified atom stereocenters. The minimum absolute atomic E-state index is 0.00860. The van der Waals surface area contributed by atoms with Crippen LogP contribution in [0.25, 0.3) is 0 Å². The molecule has 0 spiro atoms. The lowest BCUT2D eigenvalue weighted by molar-refractivity contribution is 0.0999. The van der Waals surface area contributed by atoms with Crippen LogP contribution in [0.3, 0.4) is 0 Å². The third-order valence-electron chi connectivity index (χ3n) is 2.39. The van der Waals surface area contributed by atoms with Crippen molar-refractivity contribution in [2.24, 2.45) is 0 Å². The summed E-state index contributed by atoms with van der Waals surface area (Å²) in [6.45, 7) is 6.86. The van der Waals surface area contributed by atoms with Gasteiger partial charge in [-0.2, -0.15) is 0 Å². The van der Waals surface area contributed by atoms with Crippen molar-refractivity contribution in [3.8, 4) is 5.75 Å². The van der Waals surface area contributed by atoms with Gasteiger partial charge in [0.05, 0.1) is 6.61 Å². The molecule has 0 aliphatic rings. The zero-order valence-corrected chi connectivity index (χ0v) is 11.3. The largest absolute Gasteiger partial charge is 0.491 e. The first-order valence-corrected chi connectivity index (χ1v) is 6.16. The van der Waals surface area contributed by atoms with Crippen LogP contribution in [0.15, 0.2) is 24.3 Å². The molecule has 1 rings (SSSR count). The highest BCUT2D eigenvalue weighted by molar-refractivity contribution is 5.27. The summed E-state index contributed by atoms with van der Waals surface area (Å²) >= 11 is 0. The molecular weight excluding hydrogens is 230 g/mol. The van der Waals surface area contributed by atoms with Gasteiger partial charge in [-0.05, 0) is 38.5 Å². The standard InChI is InChI=1S/C14H23NO3/c1-14(2,3)15-8-12(17)10-18-13-6-4-5-11(7-13)9-16/h4-7,12,15-17H,8-10H2,1-3H3. The number of ether oxygens (including phenoxy) is 1. The van der Waals surface area contributed by atoms with Gasteiger partial charge in [-0.15, -0.1) is 0 Å². The van der Waals surface area contributed by atoms with Crippen LogP contribution in [0.4, 0.5) is 0 Å². The van der Waals surface area contributed by atoms with E-state index in [9.17, 15) is 5.11 Å². The summed E-state index contributed by atoms with van der Waals surface area (Å²) < 4.78 is 5.47. The van der Waals surface area contributed by atoms with Gasteiger partial charge in [0, 0.05) is 12.1 Å². The van der Waals surface area contributed by atoms with Gasteiger partial charge in [0.25, 0.3) is 0 Å². The van der Waals surface area contributed by atoms with Crippen molar-refractivity contribution in [1.82, 2.24) is 5.32 Å². The molecule has 0 saturated carbocycles. The molecule has 3 N–H and O–H groups in total. The second-order valence-electron chi connectivity index (χ2n) is 5.40. The Bertz CT molecular complexity index is 360. The second kappa shape index (κ2) is 6.73. The fraction of sp³-hybridized carbons (Fsp3) is 0.571. The lowest BCUT2D eigenvalue weighted by Gasteiger charge is -2.23. The second-order valence-corrected chi connectivity index (χ2v) is 5.40. The number of hydrogen-bond donors (Lipinski definition) is 3. The average molecular weight is 253 g/mol. The van der Waals surface area contributed by atoms with Crippen molar-refractivity contribution >= 4 is 0 Å². The maximum Gasteiger partial charge on any atom is 0.119 e. The molecule has 0 fully saturated rings. The van der Waals surface area contributed by atoms with Gasteiger partial charge in [0.15, 0.2) is 0 Å². The van der Waals surface area contributed by atoms with E-state index in [0.717, 1.165) is 5.56 Å². The highest BCUT2D eigenvalue weighted by Gasteiger charge is 2.12. The van der Waals surface area contributed by atoms with Crippen molar-refractivity contribution in [2.45, 2.75) is 39.0 Å². The van der Waals surface area contributed by atoms with Crippen molar-refractivity contribution in [3.05, 3.63) is 29.8 Å². The van der Waals surface area contributed by atoms with Crippen molar-refractivity contribution < 1.29 is 14.9 Å². The van der Waals surface area contributed by atoms with Crippen LogP contribution in [0.5, 0.6) is 5.75 Å². The molecular formula is C14H23NO3. The Kier molecular flexibility index (Phi) is 5.59. The summed E-state index contributed by atoms with van der Waals surface area (Å²) in [5.41, 5.74) is 0.785. The van der Waals surface area contributed by atoms with E-state index in [2.05, 4.69) is 5.32 Å². The normalized spacial score (nSPS) is 13.4.